The van der Waals surface area contributed by atoms with Gasteiger partial charge in [0.15, 0.2) is 0 Å². The zero-order valence-electron chi connectivity index (χ0n) is 12.3. The van der Waals surface area contributed by atoms with Gasteiger partial charge in [0.25, 0.3) is 0 Å². The molecule has 1 aromatic carbocycles. The van der Waals surface area contributed by atoms with E-state index in [-0.39, 0.29) is 11.3 Å². The molecule has 0 bridgehead atoms. The molecule has 1 fully saturated rings. The van der Waals surface area contributed by atoms with Crippen LogP contribution in [-0.2, 0) is 10.2 Å². The largest absolute Gasteiger partial charge is 0.387 e. The summed E-state index contributed by atoms with van der Waals surface area (Å²) in [6.07, 6.45) is 1.11. The number of aliphatic hydroxyl groups is 1. The highest BCUT2D eigenvalue weighted by atomic mass is 16.3. The van der Waals surface area contributed by atoms with Crippen molar-refractivity contribution < 1.29 is 9.90 Å². The molecule has 0 aliphatic carbocycles. The van der Waals surface area contributed by atoms with Crippen molar-refractivity contribution in [3.05, 3.63) is 35.9 Å². The third-order valence-electron chi connectivity index (χ3n) is 3.99. The lowest BCUT2D eigenvalue weighted by Crippen LogP contribution is -2.45. The van der Waals surface area contributed by atoms with Crippen molar-refractivity contribution in [1.82, 2.24) is 10.6 Å². The van der Waals surface area contributed by atoms with Crippen LogP contribution in [-0.4, -0.2) is 36.2 Å². The van der Waals surface area contributed by atoms with Crippen LogP contribution in [0.2, 0.25) is 0 Å². The van der Waals surface area contributed by atoms with Gasteiger partial charge in [0, 0.05) is 19.5 Å². The fourth-order valence-corrected chi connectivity index (χ4v) is 2.60. The van der Waals surface area contributed by atoms with E-state index in [1.807, 2.05) is 30.3 Å². The van der Waals surface area contributed by atoms with Gasteiger partial charge in [0.2, 0.25) is 5.91 Å². The molecule has 3 N–H and O–H groups in total. The van der Waals surface area contributed by atoms with Crippen molar-refractivity contribution in [2.75, 3.05) is 19.6 Å². The van der Waals surface area contributed by atoms with Crippen molar-refractivity contribution >= 4 is 5.91 Å². The summed E-state index contributed by atoms with van der Waals surface area (Å²) in [4.78, 5) is 12.1. The van der Waals surface area contributed by atoms with Gasteiger partial charge in [-0.1, -0.05) is 44.2 Å². The normalized spacial score (nSPS) is 22.8. The maximum Gasteiger partial charge on any atom is 0.220 e. The molecule has 4 nitrogen and oxygen atoms in total. The van der Waals surface area contributed by atoms with Crippen molar-refractivity contribution in [1.29, 1.82) is 0 Å². The molecule has 1 aliphatic rings. The molecule has 1 atom stereocenters. The van der Waals surface area contributed by atoms with Crippen LogP contribution >= 0.6 is 0 Å². The Bertz CT molecular complexity index is 451. The van der Waals surface area contributed by atoms with Gasteiger partial charge in [-0.05, 0) is 23.9 Å². The fraction of sp³-hybridized carbons (Fsp3) is 0.562. The second-order valence-electron chi connectivity index (χ2n) is 6.35. The first-order chi connectivity index (χ1) is 9.41. The van der Waals surface area contributed by atoms with Crippen LogP contribution in [0.15, 0.2) is 30.3 Å². The Kier molecular flexibility index (Phi) is 4.45. The van der Waals surface area contributed by atoms with E-state index in [0.29, 0.717) is 25.9 Å². The summed E-state index contributed by atoms with van der Waals surface area (Å²) in [6, 6.07) is 10.0. The number of benzene rings is 1. The average molecular weight is 276 g/mol. The number of rotatable bonds is 5. The number of carbonyl (C=O) groups excluding carboxylic acids is 1. The second-order valence-corrected chi connectivity index (χ2v) is 6.35. The summed E-state index contributed by atoms with van der Waals surface area (Å²) >= 11 is 0. The summed E-state index contributed by atoms with van der Waals surface area (Å²) in [5, 5.41) is 16.1. The number of amides is 1. The van der Waals surface area contributed by atoms with Crippen molar-refractivity contribution in [3.63, 3.8) is 0 Å². The monoisotopic (exact) mass is 276 g/mol. The third-order valence-corrected chi connectivity index (χ3v) is 3.99. The Morgan fingerprint density at radius 2 is 2.10 bits per heavy atom. The quantitative estimate of drug-likeness (QED) is 0.757. The van der Waals surface area contributed by atoms with Gasteiger partial charge >= 0.3 is 0 Å². The van der Waals surface area contributed by atoms with E-state index in [4.69, 9.17) is 0 Å². The van der Waals surface area contributed by atoms with E-state index in [0.717, 1.165) is 12.1 Å². The maximum atomic E-state index is 12.1. The number of nitrogens with one attached hydrogen (secondary N) is 2. The summed E-state index contributed by atoms with van der Waals surface area (Å²) in [6.45, 7) is 5.81. The highest BCUT2D eigenvalue weighted by molar-refractivity contribution is 5.77. The Morgan fingerprint density at radius 1 is 1.40 bits per heavy atom. The Balaban J connectivity index is 1.87. The maximum absolute atomic E-state index is 12.1. The fourth-order valence-electron chi connectivity index (χ4n) is 2.60. The first kappa shape index (κ1) is 15.0. The van der Waals surface area contributed by atoms with Crippen LogP contribution in [0.25, 0.3) is 0 Å². The molecule has 1 heterocycles. The van der Waals surface area contributed by atoms with Gasteiger partial charge in [0.1, 0.15) is 0 Å². The third kappa shape index (κ3) is 3.81. The molecule has 2 rings (SSSR count). The average Bonchev–Trinajstić information content (AvgIpc) is 2.85. The zero-order valence-corrected chi connectivity index (χ0v) is 12.3. The van der Waals surface area contributed by atoms with Gasteiger partial charge < -0.3 is 15.7 Å². The Morgan fingerprint density at radius 3 is 2.70 bits per heavy atom. The Labute approximate surface area is 120 Å². The van der Waals surface area contributed by atoms with Crippen LogP contribution in [0.5, 0.6) is 0 Å². The molecule has 110 valence electrons. The van der Waals surface area contributed by atoms with Crippen LogP contribution in [0, 0.1) is 0 Å². The van der Waals surface area contributed by atoms with E-state index < -0.39 is 5.60 Å². The molecule has 1 saturated heterocycles. The van der Waals surface area contributed by atoms with Crippen molar-refractivity contribution in [2.45, 2.75) is 37.7 Å². The van der Waals surface area contributed by atoms with Crippen LogP contribution in [0.4, 0.5) is 0 Å². The molecule has 0 saturated carbocycles. The van der Waals surface area contributed by atoms with Gasteiger partial charge in [-0.25, -0.2) is 0 Å². The zero-order chi connectivity index (χ0) is 14.6. The molecule has 0 radical (unpaired) electrons. The molecular weight excluding hydrogens is 252 g/mol. The molecule has 1 amide bonds. The molecule has 0 aromatic heterocycles. The molecule has 4 heteroatoms. The van der Waals surface area contributed by atoms with E-state index in [2.05, 4.69) is 24.5 Å². The van der Waals surface area contributed by atoms with E-state index in [1.165, 1.54) is 0 Å². The molecule has 20 heavy (non-hydrogen) atoms. The summed E-state index contributed by atoms with van der Waals surface area (Å²) in [5.74, 6) is -0.0146. The predicted molar refractivity (Wildman–Crippen MR) is 79.5 cm³/mol. The molecular formula is C16H24N2O2. The van der Waals surface area contributed by atoms with Crippen molar-refractivity contribution in [2.24, 2.45) is 0 Å². The molecule has 0 spiro atoms. The second kappa shape index (κ2) is 5.94. The molecule has 1 aliphatic heterocycles. The number of hydrogen-bond donors (Lipinski definition) is 3. The lowest BCUT2D eigenvalue weighted by molar-refractivity contribution is -0.123. The van der Waals surface area contributed by atoms with Crippen molar-refractivity contribution in [3.8, 4) is 0 Å². The topological polar surface area (TPSA) is 61.4 Å². The van der Waals surface area contributed by atoms with Gasteiger partial charge in [-0.3, -0.25) is 4.79 Å². The molecule has 1 aromatic rings. The van der Waals surface area contributed by atoms with E-state index in [9.17, 15) is 9.90 Å². The van der Waals surface area contributed by atoms with E-state index >= 15 is 0 Å². The minimum Gasteiger partial charge on any atom is -0.387 e. The van der Waals surface area contributed by atoms with Gasteiger partial charge in [-0.15, -0.1) is 0 Å². The predicted octanol–water partition coefficient (Wildman–Crippen LogP) is 1.19. The first-order valence-corrected chi connectivity index (χ1v) is 7.17. The molecule has 1 unspecified atom stereocenters. The summed E-state index contributed by atoms with van der Waals surface area (Å²) < 4.78 is 0. The minimum absolute atomic E-state index is 0.0146. The van der Waals surface area contributed by atoms with Crippen LogP contribution < -0.4 is 10.6 Å². The van der Waals surface area contributed by atoms with Crippen LogP contribution in [0.3, 0.4) is 0 Å². The van der Waals surface area contributed by atoms with Gasteiger partial charge in [-0.2, -0.15) is 0 Å². The Hall–Kier alpha value is -1.39. The highest BCUT2D eigenvalue weighted by Gasteiger charge is 2.32. The standard InChI is InChI=1S/C16H24N2O2/c1-15(2,13-6-4-3-5-7-13)10-14(19)18-12-16(20)8-9-17-11-16/h3-7,17,20H,8-12H2,1-2H3,(H,18,19). The highest BCUT2D eigenvalue weighted by Crippen LogP contribution is 2.26. The summed E-state index contributed by atoms with van der Waals surface area (Å²) in [5.41, 5.74) is 0.158. The van der Waals surface area contributed by atoms with E-state index in [1.54, 1.807) is 0 Å². The first-order valence-electron chi connectivity index (χ1n) is 7.17. The number of hydrogen-bond acceptors (Lipinski definition) is 3. The van der Waals surface area contributed by atoms with Gasteiger partial charge in [0.05, 0.1) is 5.60 Å². The minimum atomic E-state index is -0.785. The smallest absolute Gasteiger partial charge is 0.220 e. The number of carbonyl (C=O) groups is 1. The summed E-state index contributed by atoms with van der Waals surface area (Å²) in [7, 11) is 0. The lowest BCUT2D eigenvalue weighted by atomic mass is 9.81. The SMILES string of the molecule is CC(C)(CC(=O)NCC1(O)CCNC1)c1ccccc1. The lowest BCUT2D eigenvalue weighted by Gasteiger charge is -2.26. The van der Waals surface area contributed by atoms with Crippen LogP contribution in [0.1, 0.15) is 32.3 Å². The number of β-amino-alcohol motifs (C(OH)–C–C–N with tert-alkyl or cyclic N) is 1.